The minimum absolute atomic E-state index is 0.637. The first-order valence-electron chi connectivity index (χ1n) is 7.26. The van der Waals surface area contributed by atoms with E-state index in [9.17, 15) is 0 Å². The summed E-state index contributed by atoms with van der Waals surface area (Å²) in [6, 6.07) is 0.637. The molecule has 0 aromatic heterocycles. The topological polar surface area (TPSA) is 15.3 Å². The van der Waals surface area contributed by atoms with Crippen LogP contribution in [-0.2, 0) is 0 Å². The van der Waals surface area contributed by atoms with Crippen molar-refractivity contribution in [2.24, 2.45) is 5.92 Å². The highest BCUT2D eigenvalue weighted by Gasteiger charge is 2.19. The fourth-order valence-electron chi connectivity index (χ4n) is 2.55. The van der Waals surface area contributed by atoms with E-state index in [1.54, 1.807) is 0 Å². The predicted octanol–water partition coefficient (Wildman–Crippen LogP) is 3.56. The first-order chi connectivity index (χ1) is 8.21. The maximum atomic E-state index is 5.54. The molecule has 0 aromatic rings. The van der Waals surface area contributed by atoms with E-state index in [0.29, 0.717) is 6.04 Å². The quantitative estimate of drug-likeness (QED) is 0.732. The predicted molar refractivity (Wildman–Crippen MR) is 79.3 cm³/mol. The summed E-state index contributed by atoms with van der Waals surface area (Å²) < 4.78 is 0. The zero-order valence-corrected chi connectivity index (χ0v) is 12.5. The molecular formula is C14H28N2S. The second-order valence-corrected chi connectivity index (χ2v) is 5.54. The fraction of sp³-hybridized carbons (Fsp3) is 0.929. The summed E-state index contributed by atoms with van der Waals surface area (Å²) in [5.74, 6) is 0.776. The Bertz CT molecular complexity index is 220. The summed E-state index contributed by atoms with van der Waals surface area (Å²) in [6.07, 6.45) is 7.81. The van der Waals surface area contributed by atoms with Crippen LogP contribution in [0.15, 0.2) is 0 Å². The van der Waals surface area contributed by atoms with E-state index in [-0.39, 0.29) is 0 Å². The van der Waals surface area contributed by atoms with Gasteiger partial charge in [0.05, 0.1) is 0 Å². The van der Waals surface area contributed by atoms with Gasteiger partial charge >= 0.3 is 0 Å². The molecule has 0 heterocycles. The van der Waals surface area contributed by atoms with Crippen LogP contribution in [0.5, 0.6) is 0 Å². The molecule has 2 nitrogen and oxygen atoms in total. The molecule has 1 N–H and O–H groups in total. The molecule has 1 aliphatic rings. The maximum Gasteiger partial charge on any atom is 0.169 e. The molecule has 0 unspecified atom stereocenters. The summed E-state index contributed by atoms with van der Waals surface area (Å²) in [7, 11) is 0. The standard InChI is InChI=1S/C14H28N2S/c1-4-12(5-2)11-16(6-3)14(17)15-13-9-7-8-10-13/h12-13H,4-11H2,1-3H3,(H,15,17). The molecule has 1 aliphatic carbocycles. The van der Waals surface area contributed by atoms with Crippen LogP contribution in [0.1, 0.15) is 59.3 Å². The Labute approximate surface area is 112 Å². The van der Waals surface area contributed by atoms with Gasteiger partial charge in [0, 0.05) is 19.1 Å². The molecule has 1 rings (SSSR count). The summed E-state index contributed by atoms with van der Waals surface area (Å²) in [5, 5.41) is 4.52. The Morgan fingerprint density at radius 2 is 1.82 bits per heavy atom. The summed E-state index contributed by atoms with van der Waals surface area (Å²) >= 11 is 5.54. The van der Waals surface area contributed by atoms with Crippen molar-refractivity contribution >= 4 is 17.3 Å². The van der Waals surface area contributed by atoms with Crippen LogP contribution in [0.3, 0.4) is 0 Å². The molecular weight excluding hydrogens is 228 g/mol. The van der Waals surface area contributed by atoms with Crippen LogP contribution in [0.4, 0.5) is 0 Å². The zero-order valence-electron chi connectivity index (χ0n) is 11.7. The van der Waals surface area contributed by atoms with Gasteiger partial charge < -0.3 is 10.2 Å². The van der Waals surface area contributed by atoms with Crippen molar-refractivity contribution in [3.63, 3.8) is 0 Å². The molecule has 0 bridgehead atoms. The van der Waals surface area contributed by atoms with Gasteiger partial charge in [-0.05, 0) is 37.9 Å². The van der Waals surface area contributed by atoms with Crippen molar-refractivity contribution in [1.29, 1.82) is 0 Å². The lowest BCUT2D eigenvalue weighted by Crippen LogP contribution is -2.45. The third-order valence-corrected chi connectivity index (χ3v) is 4.36. The van der Waals surface area contributed by atoms with Gasteiger partial charge in [0.1, 0.15) is 0 Å². The first kappa shape index (κ1) is 14.7. The smallest absolute Gasteiger partial charge is 0.169 e. The Morgan fingerprint density at radius 1 is 1.24 bits per heavy atom. The van der Waals surface area contributed by atoms with E-state index in [1.807, 2.05) is 0 Å². The van der Waals surface area contributed by atoms with Crippen molar-refractivity contribution < 1.29 is 0 Å². The average molecular weight is 256 g/mol. The van der Waals surface area contributed by atoms with Crippen molar-refractivity contribution in [3.05, 3.63) is 0 Å². The number of hydrogen-bond donors (Lipinski definition) is 1. The number of thiocarbonyl (C=S) groups is 1. The molecule has 1 fully saturated rings. The van der Waals surface area contributed by atoms with Crippen LogP contribution < -0.4 is 5.32 Å². The Balaban J connectivity index is 2.39. The van der Waals surface area contributed by atoms with Crippen LogP contribution in [0.2, 0.25) is 0 Å². The van der Waals surface area contributed by atoms with Crippen LogP contribution >= 0.6 is 12.2 Å². The number of hydrogen-bond acceptors (Lipinski definition) is 1. The van der Waals surface area contributed by atoms with Gasteiger partial charge in [-0.2, -0.15) is 0 Å². The van der Waals surface area contributed by atoms with Crippen LogP contribution in [0.25, 0.3) is 0 Å². The van der Waals surface area contributed by atoms with Crippen molar-refractivity contribution in [2.45, 2.75) is 65.3 Å². The zero-order chi connectivity index (χ0) is 12.7. The second kappa shape index (κ2) is 7.91. The SMILES string of the molecule is CCC(CC)CN(CC)C(=S)NC1CCCC1. The minimum Gasteiger partial charge on any atom is -0.360 e. The lowest BCUT2D eigenvalue weighted by atomic mass is 10.0. The first-order valence-corrected chi connectivity index (χ1v) is 7.67. The van der Waals surface area contributed by atoms with Crippen molar-refractivity contribution in [2.75, 3.05) is 13.1 Å². The van der Waals surface area contributed by atoms with E-state index >= 15 is 0 Å². The third kappa shape index (κ3) is 4.82. The van der Waals surface area contributed by atoms with Gasteiger partial charge in [0.2, 0.25) is 0 Å². The van der Waals surface area contributed by atoms with Gasteiger partial charge in [0.15, 0.2) is 5.11 Å². The Hall–Kier alpha value is -0.310. The fourth-order valence-corrected chi connectivity index (χ4v) is 2.92. The molecule has 100 valence electrons. The molecule has 3 heteroatoms. The highest BCUT2D eigenvalue weighted by atomic mass is 32.1. The maximum absolute atomic E-state index is 5.54. The van der Waals surface area contributed by atoms with E-state index < -0.39 is 0 Å². The van der Waals surface area contributed by atoms with Gasteiger partial charge in [-0.15, -0.1) is 0 Å². The molecule has 0 spiro atoms. The van der Waals surface area contributed by atoms with Gasteiger partial charge in [-0.1, -0.05) is 39.5 Å². The summed E-state index contributed by atoms with van der Waals surface area (Å²) in [5.41, 5.74) is 0. The molecule has 0 saturated heterocycles. The number of nitrogens with zero attached hydrogens (tertiary/aromatic N) is 1. The highest BCUT2D eigenvalue weighted by Crippen LogP contribution is 2.18. The van der Waals surface area contributed by atoms with E-state index in [0.717, 1.165) is 24.1 Å². The summed E-state index contributed by atoms with van der Waals surface area (Å²) in [6.45, 7) is 8.88. The molecule has 0 amide bonds. The minimum atomic E-state index is 0.637. The lowest BCUT2D eigenvalue weighted by molar-refractivity contribution is 0.328. The normalized spacial score (nSPS) is 16.5. The van der Waals surface area contributed by atoms with Crippen molar-refractivity contribution in [3.8, 4) is 0 Å². The number of rotatable bonds is 6. The van der Waals surface area contributed by atoms with Crippen LogP contribution in [-0.4, -0.2) is 29.1 Å². The van der Waals surface area contributed by atoms with E-state index in [2.05, 4.69) is 31.0 Å². The van der Waals surface area contributed by atoms with Crippen molar-refractivity contribution in [1.82, 2.24) is 10.2 Å². The van der Waals surface area contributed by atoms with Gasteiger partial charge in [-0.3, -0.25) is 0 Å². The lowest BCUT2D eigenvalue weighted by Gasteiger charge is -2.29. The van der Waals surface area contributed by atoms with E-state index in [1.165, 1.54) is 38.5 Å². The third-order valence-electron chi connectivity index (χ3n) is 3.98. The second-order valence-electron chi connectivity index (χ2n) is 5.15. The van der Waals surface area contributed by atoms with E-state index in [4.69, 9.17) is 12.2 Å². The Morgan fingerprint density at radius 3 is 2.29 bits per heavy atom. The highest BCUT2D eigenvalue weighted by molar-refractivity contribution is 7.80. The molecule has 0 aromatic carbocycles. The van der Waals surface area contributed by atoms with Crippen LogP contribution in [0, 0.1) is 5.92 Å². The molecule has 0 radical (unpaired) electrons. The average Bonchev–Trinajstić information content (AvgIpc) is 2.83. The molecule has 0 atom stereocenters. The number of nitrogens with one attached hydrogen (secondary N) is 1. The van der Waals surface area contributed by atoms with Gasteiger partial charge in [0.25, 0.3) is 0 Å². The molecule has 1 saturated carbocycles. The monoisotopic (exact) mass is 256 g/mol. The molecule has 17 heavy (non-hydrogen) atoms. The largest absolute Gasteiger partial charge is 0.360 e. The summed E-state index contributed by atoms with van der Waals surface area (Å²) in [4.78, 5) is 2.34. The van der Waals surface area contributed by atoms with Gasteiger partial charge in [-0.25, -0.2) is 0 Å². The Kier molecular flexibility index (Phi) is 6.86. The molecule has 0 aliphatic heterocycles.